The Balaban J connectivity index is 2.37. The van der Waals surface area contributed by atoms with Crippen molar-refractivity contribution in [3.05, 3.63) is 11.3 Å². The molecule has 0 amide bonds. The molecule has 1 aliphatic rings. The first kappa shape index (κ1) is 13.4. The van der Waals surface area contributed by atoms with Crippen LogP contribution in [0.5, 0.6) is 0 Å². The zero-order valence-corrected chi connectivity index (χ0v) is 11.3. The number of nitrogens with zero attached hydrogens (tertiary/aromatic N) is 4. The van der Waals surface area contributed by atoms with Gasteiger partial charge in [0.05, 0.1) is 12.1 Å². The Labute approximate surface area is 112 Å². The van der Waals surface area contributed by atoms with Crippen LogP contribution in [0.3, 0.4) is 0 Å². The fraction of sp³-hybridized carbons (Fsp3) is 0.615. The predicted molar refractivity (Wildman–Crippen MR) is 69.9 cm³/mol. The lowest BCUT2D eigenvalue weighted by Crippen LogP contribution is -2.42. The Morgan fingerprint density at radius 1 is 1.58 bits per heavy atom. The maximum atomic E-state index is 11.0. The summed E-state index contributed by atoms with van der Waals surface area (Å²) < 4.78 is 1.69. The van der Waals surface area contributed by atoms with Gasteiger partial charge in [-0.25, -0.2) is 0 Å². The summed E-state index contributed by atoms with van der Waals surface area (Å²) in [6, 6.07) is 2.14. The molecule has 0 radical (unpaired) electrons. The van der Waals surface area contributed by atoms with Crippen molar-refractivity contribution in [1.29, 1.82) is 5.26 Å². The molecule has 6 nitrogen and oxygen atoms in total. The van der Waals surface area contributed by atoms with E-state index in [9.17, 15) is 10.1 Å². The van der Waals surface area contributed by atoms with Gasteiger partial charge in [-0.15, -0.1) is 0 Å². The van der Waals surface area contributed by atoms with E-state index < -0.39 is 5.97 Å². The predicted octanol–water partition coefficient (Wildman–Crippen LogP) is 1.43. The molecule has 1 aliphatic heterocycles. The maximum Gasteiger partial charge on any atom is 0.305 e. The van der Waals surface area contributed by atoms with Crippen molar-refractivity contribution in [2.75, 3.05) is 11.4 Å². The number of hydrogen-bond acceptors (Lipinski definition) is 4. The summed E-state index contributed by atoms with van der Waals surface area (Å²) in [7, 11) is 1.80. The number of aliphatic carboxylic acids is 1. The van der Waals surface area contributed by atoms with Gasteiger partial charge >= 0.3 is 5.97 Å². The van der Waals surface area contributed by atoms with E-state index in [0.717, 1.165) is 31.6 Å². The minimum absolute atomic E-state index is 0.0480. The van der Waals surface area contributed by atoms with Gasteiger partial charge in [0, 0.05) is 19.6 Å². The molecule has 0 saturated carbocycles. The Bertz CT molecular complexity index is 529. The summed E-state index contributed by atoms with van der Waals surface area (Å²) in [6.45, 7) is 2.59. The second-order valence-corrected chi connectivity index (χ2v) is 4.96. The van der Waals surface area contributed by atoms with Crippen LogP contribution in [0.2, 0.25) is 0 Å². The highest BCUT2D eigenvalue weighted by Gasteiger charge is 2.29. The Hall–Kier alpha value is -2.03. The number of piperidine rings is 1. The molecule has 1 aromatic rings. The Kier molecular flexibility index (Phi) is 3.74. The van der Waals surface area contributed by atoms with Crippen molar-refractivity contribution >= 4 is 11.8 Å². The first-order valence-electron chi connectivity index (χ1n) is 6.46. The van der Waals surface area contributed by atoms with Crippen LogP contribution in [0.1, 0.15) is 36.9 Å². The Morgan fingerprint density at radius 3 is 2.95 bits per heavy atom. The molecule has 1 aromatic heterocycles. The fourth-order valence-electron chi connectivity index (χ4n) is 2.80. The molecule has 1 fully saturated rings. The average Bonchev–Trinajstić information content (AvgIpc) is 2.63. The summed E-state index contributed by atoms with van der Waals surface area (Å²) in [6.07, 6.45) is 3.01. The highest BCUT2D eigenvalue weighted by atomic mass is 16.4. The SMILES string of the molecule is Cc1nn(C)c(N2CCCCC2CC(=O)O)c1C#N. The van der Waals surface area contributed by atoms with E-state index in [4.69, 9.17) is 5.11 Å². The monoisotopic (exact) mass is 262 g/mol. The number of aryl methyl sites for hydroxylation is 2. The minimum atomic E-state index is -0.797. The number of aromatic nitrogens is 2. The Morgan fingerprint density at radius 2 is 2.32 bits per heavy atom. The standard InChI is InChI=1S/C13H18N4O2/c1-9-11(8-14)13(16(2)15-9)17-6-4-3-5-10(17)7-12(18)19/h10H,3-7H2,1-2H3,(H,18,19). The lowest BCUT2D eigenvalue weighted by molar-refractivity contribution is -0.137. The molecule has 2 rings (SSSR count). The number of hydrogen-bond donors (Lipinski definition) is 1. The van der Waals surface area contributed by atoms with Crippen LogP contribution < -0.4 is 4.90 Å². The lowest BCUT2D eigenvalue weighted by Gasteiger charge is -2.36. The lowest BCUT2D eigenvalue weighted by atomic mass is 9.99. The summed E-state index contributed by atoms with van der Waals surface area (Å²) >= 11 is 0. The number of anilines is 1. The number of rotatable bonds is 3. The van der Waals surface area contributed by atoms with Crippen molar-refractivity contribution in [1.82, 2.24) is 9.78 Å². The van der Waals surface area contributed by atoms with Gasteiger partial charge in [-0.1, -0.05) is 0 Å². The summed E-state index contributed by atoms with van der Waals surface area (Å²) in [4.78, 5) is 13.0. The van der Waals surface area contributed by atoms with E-state index >= 15 is 0 Å². The molecule has 1 unspecified atom stereocenters. The van der Waals surface area contributed by atoms with Crippen LogP contribution in [0.25, 0.3) is 0 Å². The second kappa shape index (κ2) is 5.31. The summed E-state index contributed by atoms with van der Waals surface area (Å²) in [5.41, 5.74) is 1.25. The van der Waals surface area contributed by atoms with E-state index in [0.29, 0.717) is 11.3 Å². The van der Waals surface area contributed by atoms with Gasteiger partial charge in [-0.05, 0) is 26.2 Å². The average molecular weight is 262 g/mol. The third kappa shape index (κ3) is 2.55. The molecule has 0 bridgehead atoms. The largest absolute Gasteiger partial charge is 0.481 e. The molecule has 0 spiro atoms. The second-order valence-electron chi connectivity index (χ2n) is 4.96. The molecule has 1 N–H and O–H groups in total. The molecule has 2 heterocycles. The number of carboxylic acids is 1. The van der Waals surface area contributed by atoms with Crippen molar-refractivity contribution < 1.29 is 9.90 Å². The molecule has 102 valence electrons. The van der Waals surface area contributed by atoms with Crippen LogP contribution in [0, 0.1) is 18.3 Å². The third-order valence-electron chi connectivity index (χ3n) is 3.61. The van der Waals surface area contributed by atoms with E-state index in [2.05, 4.69) is 11.2 Å². The highest BCUT2D eigenvalue weighted by molar-refractivity contribution is 5.69. The zero-order valence-electron chi connectivity index (χ0n) is 11.3. The molecule has 1 saturated heterocycles. The maximum absolute atomic E-state index is 11.0. The van der Waals surface area contributed by atoms with Gasteiger partial charge in [0.1, 0.15) is 17.5 Å². The van der Waals surface area contributed by atoms with E-state index in [1.165, 1.54) is 0 Å². The van der Waals surface area contributed by atoms with Gasteiger partial charge in [-0.3, -0.25) is 9.48 Å². The quantitative estimate of drug-likeness (QED) is 0.891. The van der Waals surface area contributed by atoms with Crippen molar-refractivity contribution in [2.45, 2.75) is 38.6 Å². The molecule has 19 heavy (non-hydrogen) atoms. The smallest absolute Gasteiger partial charge is 0.305 e. The van der Waals surface area contributed by atoms with Crippen molar-refractivity contribution in [3.8, 4) is 6.07 Å². The van der Waals surface area contributed by atoms with Gasteiger partial charge in [-0.2, -0.15) is 10.4 Å². The molecule has 0 aliphatic carbocycles. The van der Waals surface area contributed by atoms with E-state index in [-0.39, 0.29) is 12.5 Å². The van der Waals surface area contributed by atoms with E-state index in [1.54, 1.807) is 18.7 Å². The van der Waals surface area contributed by atoms with Crippen LogP contribution >= 0.6 is 0 Å². The fourth-order valence-corrected chi connectivity index (χ4v) is 2.80. The first-order valence-corrected chi connectivity index (χ1v) is 6.46. The topological polar surface area (TPSA) is 82.2 Å². The first-order chi connectivity index (χ1) is 9.04. The van der Waals surface area contributed by atoms with Gasteiger partial charge in [0.25, 0.3) is 0 Å². The summed E-state index contributed by atoms with van der Waals surface area (Å²) in [5.74, 6) is -0.0414. The normalized spacial score (nSPS) is 19.2. The van der Waals surface area contributed by atoms with Crippen LogP contribution in [0.15, 0.2) is 0 Å². The van der Waals surface area contributed by atoms with Crippen molar-refractivity contribution in [2.24, 2.45) is 7.05 Å². The van der Waals surface area contributed by atoms with Gasteiger partial charge in [0.15, 0.2) is 0 Å². The molecular weight excluding hydrogens is 244 g/mol. The van der Waals surface area contributed by atoms with Crippen LogP contribution in [-0.4, -0.2) is 33.4 Å². The van der Waals surface area contributed by atoms with Gasteiger partial charge < -0.3 is 10.0 Å². The minimum Gasteiger partial charge on any atom is -0.481 e. The number of nitriles is 1. The highest BCUT2D eigenvalue weighted by Crippen LogP contribution is 2.30. The molecular formula is C13H18N4O2. The number of carbonyl (C=O) groups is 1. The number of carboxylic acid groups (broad SMARTS) is 1. The zero-order chi connectivity index (χ0) is 14.0. The molecule has 6 heteroatoms. The third-order valence-corrected chi connectivity index (χ3v) is 3.61. The van der Waals surface area contributed by atoms with Crippen LogP contribution in [0.4, 0.5) is 5.82 Å². The van der Waals surface area contributed by atoms with Crippen molar-refractivity contribution in [3.63, 3.8) is 0 Å². The summed E-state index contributed by atoms with van der Waals surface area (Å²) in [5, 5.41) is 22.6. The molecule has 1 atom stereocenters. The van der Waals surface area contributed by atoms with E-state index in [1.807, 2.05) is 4.90 Å². The van der Waals surface area contributed by atoms with Gasteiger partial charge in [0.2, 0.25) is 0 Å². The molecule has 0 aromatic carbocycles. The van der Waals surface area contributed by atoms with Crippen LogP contribution in [-0.2, 0) is 11.8 Å².